The average molecular weight is 334 g/mol. The lowest BCUT2D eigenvalue weighted by atomic mass is 10.2. The van der Waals surface area contributed by atoms with Crippen molar-refractivity contribution in [2.45, 2.75) is 6.54 Å². The van der Waals surface area contributed by atoms with Crippen LogP contribution in [-0.4, -0.2) is 33.5 Å². The molecule has 0 aliphatic heterocycles. The third-order valence-corrected chi connectivity index (χ3v) is 3.66. The van der Waals surface area contributed by atoms with Gasteiger partial charge in [-0.05, 0) is 17.7 Å². The van der Waals surface area contributed by atoms with Gasteiger partial charge in [-0.3, -0.25) is 9.59 Å². The summed E-state index contributed by atoms with van der Waals surface area (Å²) in [6.45, 7) is 0.371. The Morgan fingerprint density at radius 2 is 1.68 bits per heavy atom. The smallest absolute Gasteiger partial charge is 0.313 e. The standard InChI is InChI=1S/C19H18N4O2/c1-22(13-15-8-4-2-5-9-15)19(25)18(24)21-16-12-20-23(14-16)17-10-6-3-7-11-17/h2-12,14H,13H2,1H3,(H,21,24). The molecule has 0 atom stereocenters. The number of benzene rings is 2. The van der Waals surface area contributed by atoms with Crippen LogP contribution in [0.15, 0.2) is 73.1 Å². The van der Waals surface area contributed by atoms with Crippen molar-refractivity contribution in [2.75, 3.05) is 12.4 Å². The number of nitrogens with zero attached hydrogens (tertiary/aromatic N) is 3. The van der Waals surface area contributed by atoms with E-state index in [0.29, 0.717) is 12.2 Å². The van der Waals surface area contributed by atoms with E-state index in [4.69, 9.17) is 0 Å². The van der Waals surface area contributed by atoms with E-state index in [9.17, 15) is 9.59 Å². The maximum absolute atomic E-state index is 12.2. The summed E-state index contributed by atoms with van der Waals surface area (Å²) >= 11 is 0. The maximum atomic E-state index is 12.2. The number of carbonyl (C=O) groups is 2. The third-order valence-electron chi connectivity index (χ3n) is 3.66. The highest BCUT2D eigenvalue weighted by atomic mass is 16.2. The largest absolute Gasteiger partial charge is 0.333 e. The van der Waals surface area contributed by atoms with Crippen molar-refractivity contribution in [3.05, 3.63) is 78.6 Å². The summed E-state index contributed by atoms with van der Waals surface area (Å²) in [6, 6.07) is 19.0. The lowest BCUT2D eigenvalue weighted by Crippen LogP contribution is -2.36. The van der Waals surface area contributed by atoms with Crippen molar-refractivity contribution in [1.82, 2.24) is 14.7 Å². The monoisotopic (exact) mass is 334 g/mol. The van der Waals surface area contributed by atoms with Crippen LogP contribution in [0, 0.1) is 0 Å². The van der Waals surface area contributed by atoms with E-state index in [1.54, 1.807) is 17.9 Å². The zero-order valence-corrected chi connectivity index (χ0v) is 13.8. The average Bonchev–Trinajstić information content (AvgIpc) is 3.11. The summed E-state index contributed by atoms with van der Waals surface area (Å²) in [6.07, 6.45) is 3.17. The van der Waals surface area contributed by atoms with Crippen LogP contribution in [-0.2, 0) is 16.1 Å². The Balaban J connectivity index is 1.62. The summed E-state index contributed by atoms with van der Waals surface area (Å²) in [4.78, 5) is 25.7. The number of anilines is 1. The molecule has 1 N–H and O–H groups in total. The first-order chi connectivity index (χ1) is 12.1. The Kier molecular flexibility index (Phi) is 4.89. The van der Waals surface area contributed by atoms with Gasteiger partial charge >= 0.3 is 11.8 Å². The van der Waals surface area contributed by atoms with Gasteiger partial charge in [0.25, 0.3) is 0 Å². The highest BCUT2D eigenvalue weighted by Crippen LogP contribution is 2.11. The number of para-hydroxylation sites is 1. The quantitative estimate of drug-likeness (QED) is 0.745. The molecular formula is C19H18N4O2. The van der Waals surface area contributed by atoms with E-state index in [0.717, 1.165) is 11.3 Å². The Morgan fingerprint density at radius 3 is 2.36 bits per heavy atom. The zero-order valence-electron chi connectivity index (χ0n) is 13.8. The van der Waals surface area contributed by atoms with Gasteiger partial charge in [-0.25, -0.2) is 4.68 Å². The molecule has 3 rings (SSSR count). The number of hydrogen-bond acceptors (Lipinski definition) is 3. The predicted octanol–water partition coefficient (Wildman–Crippen LogP) is 2.47. The minimum absolute atomic E-state index is 0.371. The van der Waals surface area contributed by atoms with Crippen LogP contribution in [0.3, 0.4) is 0 Å². The first-order valence-electron chi connectivity index (χ1n) is 7.84. The molecule has 0 fully saturated rings. The number of carbonyl (C=O) groups excluding carboxylic acids is 2. The van der Waals surface area contributed by atoms with E-state index >= 15 is 0 Å². The van der Waals surface area contributed by atoms with Gasteiger partial charge in [0.2, 0.25) is 0 Å². The van der Waals surface area contributed by atoms with Gasteiger partial charge in [-0.1, -0.05) is 48.5 Å². The van der Waals surface area contributed by atoms with Gasteiger partial charge in [-0.15, -0.1) is 0 Å². The fraction of sp³-hybridized carbons (Fsp3) is 0.105. The molecule has 1 aromatic heterocycles. The molecule has 0 saturated heterocycles. The van der Waals surface area contributed by atoms with Crippen LogP contribution in [0.2, 0.25) is 0 Å². The Morgan fingerprint density at radius 1 is 1.04 bits per heavy atom. The highest BCUT2D eigenvalue weighted by Gasteiger charge is 2.19. The molecule has 6 nitrogen and oxygen atoms in total. The SMILES string of the molecule is CN(Cc1ccccc1)C(=O)C(=O)Nc1cnn(-c2ccccc2)c1. The Labute approximate surface area is 145 Å². The van der Waals surface area contributed by atoms with Crippen LogP contribution in [0.4, 0.5) is 5.69 Å². The molecular weight excluding hydrogens is 316 g/mol. The molecule has 0 aliphatic carbocycles. The van der Waals surface area contributed by atoms with Crippen molar-refractivity contribution < 1.29 is 9.59 Å². The molecule has 126 valence electrons. The van der Waals surface area contributed by atoms with Crippen LogP contribution < -0.4 is 5.32 Å². The number of amides is 2. The van der Waals surface area contributed by atoms with E-state index in [1.807, 2.05) is 60.7 Å². The summed E-state index contributed by atoms with van der Waals surface area (Å²) in [5.74, 6) is -1.29. The molecule has 0 saturated carbocycles. The first kappa shape index (κ1) is 16.4. The van der Waals surface area contributed by atoms with Crippen molar-refractivity contribution in [1.29, 1.82) is 0 Å². The summed E-state index contributed by atoms with van der Waals surface area (Å²) in [5.41, 5.74) is 2.30. The molecule has 25 heavy (non-hydrogen) atoms. The fourth-order valence-electron chi connectivity index (χ4n) is 2.40. The predicted molar refractivity (Wildman–Crippen MR) is 95.1 cm³/mol. The summed E-state index contributed by atoms with van der Waals surface area (Å²) in [7, 11) is 1.60. The van der Waals surface area contributed by atoms with Crippen molar-refractivity contribution in [2.24, 2.45) is 0 Å². The molecule has 1 heterocycles. The normalized spacial score (nSPS) is 10.3. The Bertz CT molecular complexity index is 859. The molecule has 0 unspecified atom stereocenters. The van der Waals surface area contributed by atoms with Gasteiger partial charge in [0, 0.05) is 13.6 Å². The van der Waals surface area contributed by atoms with E-state index in [2.05, 4.69) is 10.4 Å². The number of rotatable bonds is 4. The molecule has 2 amide bonds. The molecule has 6 heteroatoms. The number of aromatic nitrogens is 2. The minimum Gasteiger partial charge on any atom is -0.333 e. The second-order valence-electron chi connectivity index (χ2n) is 5.61. The van der Waals surface area contributed by atoms with E-state index in [1.165, 1.54) is 11.1 Å². The van der Waals surface area contributed by atoms with Gasteiger partial charge in [0.1, 0.15) is 0 Å². The Hall–Kier alpha value is -3.41. The molecule has 0 radical (unpaired) electrons. The van der Waals surface area contributed by atoms with E-state index in [-0.39, 0.29) is 0 Å². The van der Waals surface area contributed by atoms with Crippen molar-refractivity contribution in [3.8, 4) is 5.69 Å². The fourth-order valence-corrected chi connectivity index (χ4v) is 2.40. The first-order valence-corrected chi connectivity index (χ1v) is 7.84. The second-order valence-corrected chi connectivity index (χ2v) is 5.61. The molecule has 0 spiro atoms. The number of hydrogen-bond donors (Lipinski definition) is 1. The minimum atomic E-state index is -0.689. The lowest BCUT2D eigenvalue weighted by molar-refractivity contribution is -0.142. The summed E-state index contributed by atoms with van der Waals surface area (Å²) in [5, 5.41) is 6.77. The maximum Gasteiger partial charge on any atom is 0.313 e. The van der Waals surface area contributed by atoms with Gasteiger partial charge in [-0.2, -0.15) is 5.10 Å². The molecule has 3 aromatic rings. The molecule has 2 aromatic carbocycles. The van der Waals surface area contributed by atoms with Crippen LogP contribution in [0.5, 0.6) is 0 Å². The number of likely N-dealkylation sites (N-methyl/N-ethyl adjacent to an activating group) is 1. The van der Waals surface area contributed by atoms with E-state index < -0.39 is 11.8 Å². The topological polar surface area (TPSA) is 67.2 Å². The molecule has 0 bridgehead atoms. The van der Waals surface area contributed by atoms with Gasteiger partial charge in [0.15, 0.2) is 0 Å². The summed E-state index contributed by atoms with van der Waals surface area (Å²) < 4.78 is 1.63. The number of nitrogens with one attached hydrogen (secondary N) is 1. The zero-order chi connectivity index (χ0) is 17.6. The van der Waals surface area contributed by atoms with Crippen molar-refractivity contribution >= 4 is 17.5 Å². The van der Waals surface area contributed by atoms with Gasteiger partial charge in [0.05, 0.1) is 23.8 Å². The highest BCUT2D eigenvalue weighted by molar-refractivity contribution is 6.39. The second kappa shape index (κ2) is 7.44. The van der Waals surface area contributed by atoms with Crippen LogP contribution >= 0.6 is 0 Å². The third kappa shape index (κ3) is 4.11. The van der Waals surface area contributed by atoms with Crippen LogP contribution in [0.25, 0.3) is 5.69 Å². The lowest BCUT2D eigenvalue weighted by Gasteiger charge is -2.16. The van der Waals surface area contributed by atoms with Gasteiger partial charge < -0.3 is 10.2 Å². The molecule has 0 aliphatic rings. The van der Waals surface area contributed by atoms with Crippen molar-refractivity contribution in [3.63, 3.8) is 0 Å². The van der Waals surface area contributed by atoms with Crippen LogP contribution in [0.1, 0.15) is 5.56 Å².